The first-order valence-electron chi connectivity index (χ1n) is 4.16. The molecule has 1 amide bonds. The number of benzene rings is 1. The van der Waals surface area contributed by atoms with Crippen LogP contribution >= 0.6 is 31.9 Å². The summed E-state index contributed by atoms with van der Waals surface area (Å²) in [5.41, 5.74) is 0.629. The number of rotatable bonds is 2. The highest BCUT2D eigenvalue weighted by Gasteiger charge is 2.12. The smallest absolute Gasteiger partial charge is 0.297 e. The summed E-state index contributed by atoms with van der Waals surface area (Å²) >= 11 is 6.64. The highest BCUT2D eigenvalue weighted by atomic mass is 79.9. The van der Waals surface area contributed by atoms with Crippen LogP contribution in [0.1, 0.15) is 10.6 Å². The van der Waals surface area contributed by atoms with E-state index < -0.39 is 5.91 Å². The molecule has 0 atom stereocenters. The van der Waals surface area contributed by atoms with Crippen LogP contribution in [0.4, 0.5) is 5.69 Å². The molecule has 0 radical (unpaired) electrons. The molecule has 1 aromatic heterocycles. The fourth-order valence-corrected chi connectivity index (χ4v) is 1.74. The van der Waals surface area contributed by atoms with Crippen LogP contribution in [0.3, 0.4) is 0 Å². The monoisotopic (exact) mass is 345 g/mol. The topological polar surface area (TPSA) is 83.6 Å². The molecule has 0 aliphatic carbocycles. The molecule has 0 aliphatic rings. The molecule has 2 rings (SSSR count). The number of hydrogen-bond acceptors (Lipinski definition) is 4. The van der Waals surface area contributed by atoms with Gasteiger partial charge < -0.3 is 5.32 Å². The lowest BCUT2D eigenvalue weighted by Gasteiger charge is -2.05. The molecule has 16 heavy (non-hydrogen) atoms. The summed E-state index contributed by atoms with van der Waals surface area (Å²) in [5.74, 6) is -0.431. The van der Waals surface area contributed by atoms with Gasteiger partial charge in [-0.1, -0.05) is 15.9 Å². The Morgan fingerprint density at radius 2 is 2.19 bits per heavy atom. The van der Waals surface area contributed by atoms with Crippen LogP contribution in [0.2, 0.25) is 0 Å². The van der Waals surface area contributed by atoms with E-state index in [0.717, 1.165) is 8.95 Å². The molecule has 8 heteroatoms. The van der Waals surface area contributed by atoms with Gasteiger partial charge in [-0.2, -0.15) is 5.21 Å². The maximum absolute atomic E-state index is 11.6. The van der Waals surface area contributed by atoms with Crippen molar-refractivity contribution in [2.75, 3.05) is 5.32 Å². The molecule has 82 valence electrons. The van der Waals surface area contributed by atoms with Crippen molar-refractivity contribution in [2.24, 2.45) is 0 Å². The first-order valence-corrected chi connectivity index (χ1v) is 5.75. The Morgan fingerprint density at radius 3 is 2.88 bits per heavy atom. The average Bonchev–Trinajstić information content (AvgIpc) is 2.76. The Morgan fingerprint density at radius 1 is 1.38 bits per heavy atom. The first-order chi connectivity index (χ1) is 7.66. The third kappa shape index (κ3) is 2.45. The maximum atomic E-state index is 11.6. The molecule has 0 aliphatic heterocycles. The van der Waals surface area contributed by atoms with Crippen LogP contribution in [-0.4, -0.2) is 26.5 Å². The van der Waals surface area contributed by atoms with Crippen molar-refractivity contribution < 1.29 is 4.79 Å². The number of halogens is 2. The van der Waals surface area contributed by atoms with Crippen molar-refractivity contribution in [3.8, 4) is 0 Å². The SMILES string of the molecule is O=C(Nc1cc(Br)ccc1Br)c1nn[nH]n1. The Balaban J connectivity index is 2.21. The minimum atomic E-state index is -0.424. The number of aromatic nitrogens is 4. The molecule has 0 saturated carbocycles. The predicted octanol–water partition coefficient (Wildman–Crippen LogP) is 1.98. The number of anilines is 1. The van der Waals surface area contributed by atoms with E-state index in [0.29, 0.717) is 5.69 Å². The van der Waals surface area contributed by atoms with Gasteiger partial charge in [-0.05, 0) is 39.3 Å². The second kappa shape index (κ2) is 4.71. The zero-order chi connectivity index (χ0) is 11.5. The number of nitrogens with zero attached hydrogens (tertiary/aromatic N) is 3. The molecule has 6 nitrogen and oxygen atoms in total. The zero-order valence-electron chi connectivity index (χ0n) is 7.74. The van der Waals surface area contributed by atoms with Gasteiger partial charge in [0.05, 0.1) is 5.69 Å². The summed E-state index contributed by atoms with van der Waals surface area (Å²) in [6.07, 6.45) is 0. The van der Waals surface area contributed by atoms with E-state index in [2.05, 4.69) is 57.8 Å². The third-order valence-electron chi connectivity index (χ3n) is 1.73. The second-order valence-electron chi connectivity index (χ2n) is 2.81. The number of hydrogen-bond donors (Lipinski definition) is 2. The Labute approximate surface area is 107 Å². The Bertz CT molecular complexity index is 513. The quantitative estimate of drug-likeness (QED) is 0.870. The van der Waals surface area contributed by atoms with Crippen LogP contribution in [0.5, 0.6) is 0 Å². The lowest BCUT2D eigenvalue weighted by atomic mass is 10.3. The van der Waals surface area contributed by atoms with Crippen molar-refractivity contribution >= 4 is 43.5 Å². The fraction of sp³-hybridized carbons (Fsp3) is 0. The van der Waals surface area contributed by atoms with E-state index in [1.807, 2.05) is 12.1 Å². The molecule has 0 unspecified atom stereocenters. The van der Waals surface area contributed by atoms with Gasteiger partial charge in [-0.25, -0.2) is 0 Å². The molecular formula is C8H5Br2N5O. The summed E-state index contributed by atoms with van der Waals surface area (Å²) < 4.78 is 1.63. The van der Waals surface area contributed by atoms with Gasteiger partial charge >= 0.3 is 0 Å². The van der Waals surface area contributed by atoms with Crippen LogP contribution in [0.25, 0.3) is 0 Å². The summed E-state index contributed by atoms with van der Waals surface area (Å²) in [5, 5.41) is 15.3. The van der Waals surface area contributed by atoms with Gasteiger partial charge in [0.25, 0.3) is 11.7 Å². The van der Waals surface area contributed by atoms with Gasteiger partial charge in [0.2, 0.25) is 0 Å². The Hall–Kier alpha value is -1.28. The zero-order valence-corrected chi connectivity index (χ0v) is 10.9. The molecule has 0 saturated heterocycles. The third-order valence-corrected chi connectivity index (χ3v) is 2.91. The number of amides is 1. The lowest BCUT2D eigenvalue weighted by Crippen LogP contribution is -2.14. The highest BCUT2D eigenvalue weighted by molar-refractivity contribution is 9.11. The number of tetrazole rings is 1. The maximum Gasteiger partial charge on any atom is 0.297 e. The van der Waals surface area contributed by atoms with Crippen LogP contribution in [0, 0.1) is 0 Å². The molecular weight excluding hydrogens is 342 g/mol. The molecule has 2 N–H and O–H groups in total. The predicted molar refractivity (Wildman–Crippen MR) is 64.0 cm³/mol. The second-order valence-corrected chi connectivity index (χ2v) is 4.58. The summed E-state index contributed by atoms with van der Waals surface area (Å²) in [6.45, 7) is 0. The molecule has 1 heterocycles. The lowest BCUT2D eigenvalue weighted by molar-refractivity contribution is 0.101. The van der Waals surface area contributed by atoms with Gasteiger partial charge in [0.15, 0.2) is 0 Å². The van der Waals surface area contributed by atoms with Crippen LogP contribution in [0.15, 0.2) is 27.1 Å². The number of carbonyl (C=O) groups excluding carboxylic acids is 1. The van der Waals surface area contributed by atoms with Gasteiger partial charge in [0.1, 0.15) is 0 Å². The van der Waals surface area contributed by atoms with E-state index in [1.54, 1.807) is 6.07 Å². The van der Waals surface area contributed by atoms with Crippen LogP contribution < -0.4 is 5.32 Å². The minimum Gasteiger partial charge on any atom is -0.318 e. The summed E-state index contributed by atoms with van der Waals surface area (Å²) in [4.78, 5) is 11.6. The van der Waals surface area contributed by atoms with E-state index in [4.69, 9.17) is 0 Å². The standard InChI is InChI=1S/C8H5Br2N5O/c9-4-1-2-5(10)6(3-4)11-8(16)7-12-14-15-13-7/h1-3H,(H,11,16)(H,12,13,14,15). The minimum absolute atomic E-state index is 0.00752. The van der Waals surface area contributed by atoms with Crippen molar-refractivity contribution in [3.05, 3.63) is 33.0 Å². The Kier molecular flexibility index (Phi) is 3.30. The number of nitrogens with one attached hydrogen (secondary N) is 2. The van der Waals surface area contributed by atoms with Crippen LogP contribution in [-0.2, 0) is 0 Å². The number of aromatic amines is 1. The van der Waals surface area contributed by atoms with Crippen molar-refractivity contribution in [1.82, 2.24) is 20.6 Å². The normalized spacial score (nSPS) is 10.1. The number of carbonyl (C=O) groups is 1. The van der Waals surface area contributed by atoms with E-state index in [1.165, 1.54) is 0 Å². The average molecular weight is 347 g/mol. The van der Waals surface area contributed by atoms with E-state index >= 15 is 0 Å². The van der Waals surface area contributed by atoms with Gasteiger partial charge in [0, 0.05) is 8.95 Å². The van der Waals surface area contributed by atoms with Crippen molar-refractivity contribution in [2.45, 2.75) is 0 Å². The molecule has 0 fully saturated rings. The van der Waals surface area contributed by atoms with E-state index in [-0.39, 0.29) is 5.82 Å². The largest absolute Gasteiger partial charge is 0.318 e. The molecule has 2 aromatic rings. The summed E-state index contributed by atoms with van der Waals surface area (Å²) in [6, 6.07) is 5.44. The van der Waals surface area contributed by atoms with Gasteiger partial charge in [-0.3, -0.25) is 4.79 Å². The van der Waals surface area contributed by atoms with Gasteiger partial charge in [-0.15, -0.1) is 10.2 Å². The first kappa shape index (κ1) is 11.2. The molecule has 1 aromatic carbocycles. The molecule has 0 bridgehead atoms. The van der Waals surface area contributed by atoms with Crippen molar-refractivity contribution in [1.29, 1.82) is 0 Å². The molecule has 0 spiro atoms. The summed E-state index contributed by atoms with van der Waals surface area (Å²) in [7, 11) is 0. The number of H-pyrrole nitrogens is 1. The highest BCUT2D eigenvalue weighted by Crippen LogP contribution is 2.26. The van der Waals surface area contributed by atoms with Crippen molar-refractivity contribution in [3.63, 3.8) is 0 Å². The van der Waals surface area contributed by atoms with E-state index in [9.17, 15) is 4.79 Å². The fourth-order valence-electron chi connectivity index (χ4n) is 1.03.